The lowest BCUT2D eigenvalue weighted by Crippen LogP contribution is -2.32. The fraction of sp³-hybridized carbons (Fsp3) is 0.357. The van der Waals surface area contributed by atoms with E-state index >= 15 is 0 Å². The third-order valence-electron chi connectivity index (χ3n) is 2.90. The van der Waals surface area contributed by atoms with Crippen LogP contribution in [-0.2, 0) is 11.3 Å². The van der Waals surface area contributed by atoms with E-state index < -0.39 is 0 Å². The van der Waals surface area contributed by atoms with Crippen LogP contribution in [0.4, 0.5) is 11.6 Å². The first-order valence-corrected chi connectivity index (χ1v) is 6.78. The van der Waals surface area contributed by atoms with Crippen molar-refractivity contribution < 1.29 is 4.79 Å². The van der Waals surface area contributed by atoms with Crippen molar-refractivity contribution in [2.75, 3.05) is 24.1 Å². The minimum absolute atomic E-state index is 0.121. The number of amides is 1. The Hall–Kier alpha value is -2.57. The van der Waals surface area contributed by atoms with Gasteiger partial charge in [-0.25, -0.2) is 9.67 Å². The van der Waals surface area contributed by atoms with E-state index in [1.165, 1.54) is 4.68 Å². The molecule has 112 valence electrons. The van der Waals surface area contributed by atoms with Crippen molar-refractivity contribution in [3.05, 3.63) is 35.7 Å². The molecule has 4 N–H and O–H groups in total. The third kappa shape index (κ3) is 4.48. The van der Waals surface area contributed by atoms with Gasteiger partial charge in [0.1, 0.15) is 18.2 Å². The van der Waals surface area contributed by atoms with Crippen LogP contribution >= 0.6 is 0 Å². The summed E-state index contributed by atoms with van der Waals surface area (Å²) in [5.74, 6) is 1.17. The molecule has 0 saturated carbocycles. The van der Waals surface area contributed by atoms with Crippen molar-refractivity contribution in [2.24, 2.45) is 0 Å². The Kier molecular flexibility index (Phi) is 4.76. The van der Waals surface area contributed by atoms with Gasteiger partial charge in [-0.1, -0.05) is 0 Å². The van der Waals surface area contributed by atoms with Gasteiger partial charge in [0.05, 0.1) is 5.69 Å². The number of nitrogens with one attached hydrogen (secondary N) is 2. The average molecular weight is 288 g/mol. The SMILES string of the molecule is Cc1ccnc(NCCNC(=O)Cn2nc(C)cc2N)c1. The molecule has 0 radical (unpaired) electrons. The zero-order chi connectivity index (χ0) is 15.2. The molecule has 0 aliphatic heterocycles. The van der Waals surface area contributed by atoms with Crippen molar-refractivity contribution >= 4 is 17.5 Å². The van der Waals surface area contributed by atoms with Gasteiger partial charge in [-0.2, -0.15) is 5.10 Å². The highest BCUT2D eigenvalue weighted by Crippen LogP contribution is 2.05. The summed E-state index contributed by atoms with van der Waals surface area (Å²) >= 11 is 0. The number of pyridine rings is 1. The van der Waals surface area contributed by atoms with E-state index in [0.29, 0.717) is 18.9 Å². The molecule has 0 bridgehead atoms. The highest BCUT2D eigenvalue weighted by Gasteiger charge is 2.06. The third-order valence-corrected chi connectivity index (χ3v) is 2.90. The zero-order valence-electron chi connectivity index (χ0n) is 12.3. The number of hydrogen-bond acceptors (Lipinski definition) is 5. The molecule has 0 aliphatic carbocycles. The second-order valence-electron chi connectivity index (χ2n) is 4.86. The summed E-state index contributed by atoms with van der Waals surface area (Å²) in [6.07, 6.45) is 1.75. The Morgan fingerprint density at radius 1 is 1.33 bits per heavy atom. The fourth-order valence-electron chi connectivity index (χ4n) is 1.91. The molecular formula is C14H20N6O. The van der Waals surface area contributed by atoms with Crippen LogP contribution in [0.2, 0.25) is 0 Å². The maximum absolute atomic E-state index is 11.8. The number of carbonyl (C=O) groups is 1. The maximum atomic E-state index is 11.8. The quantitative estimate of drug-likeness (QED) is 0.680. The van der Waals surface area contributed by atoms with Gasteiger partial charge in [-0.05, 0) is 31.5 Å². The number of aryl methyl sites for hydroxylation is 2. The van der Waals surface area contributed by atoms with Gasteiger partial charge in [0.2, 0.25) is 5.91 Å². The Balaban J connectivity index is 1.71. The predicted octanol–water partition coefficient (Wildman–Crippen LogP) is 0.705. The lowest BCUT2D eigenvalue weighted by Gasteiger charge is -2.08. The molecular weight excluding hydrogens is 268 g/mol. The molecule has 0 aromatic carbocycles. The van der Waals surface area contributed by atoms with Crippen LogP contribution in [0.15, 0.2) is 24.4 Å². The van der Waals surface area contributed by atoms with Gasteiger partial charge in [-0.15, -0.1) is 0 Å². The minimum atomic E-state index is -0.121. The molecule has 2 rings (SSSR count). The summed E-state index contributed by atoms with van der Waals surface area (Å²) in [4.78, 5) is 16.0. The molecule has 2 aromatic rings. The second-order valence-corrected chi connectivity index (χ2v) is 4.86. The standard InChI is InChI=1S/C14H20N6O/c1-10-3-4-16-13(7-10)17-5-6-18-14(21)9-20-12(15)8-11(2)19-20/h3-4,7-8H,5-6,9,15H2,1-2H3,(H,16,17)(H,18,21). The molecule has 2 aromatic heterocycles. The van der Waals surface area contributed by atoms with Crippen LogP contribution in [-0.4, -0.2) is 33.8 Å². The summed E-state index contributed by atoms with van der Waals surface area (Å²) in [6, 6.07) is 5.62. The van der Waals surface area contributed by atoms with Crippen molar-refractivity contribution in [1.82, 2.24) is 20.1 Å². The van der Waals surface area contributed by atoms with E-state index in [1.807, 2.05) is 26.0 Å². The largest absolute Gasteiger partial charge is 0.384 e. The van der Waals surface area contributed by atoms with Gasteiger partial charge in [0, 0.05) is 25.4 Å². The first kappa shape index (κ1) is 14.8. The molecule has 7 nitrogen and oxygen atoms in total. The Bertz CT molecular complexity index is 622. The van der Waals surface area contributed by atoms with Crippen LogP contribution in [0.3, 0.4) is 0 Å². The molecule has 21 heavy (non-hydrogen) atoms. The maximum Gasteiger partial charge on any atom is 0.241 e. The van der Waals surface area contributed by atoms with E-state index in [4.69, 9.17) is 5.73 Å². The Labute approximate surface area is 123 Å². The minimum Gasteiger partial charge on any atom is -0.384 e. The molecule has 0 spiro atoms. The van der Waals surface area contributed by atoms with Gasteiger partial charge in [0.25, 0.3) is 0 Å². The molecule has 0 fully saturated rings. The highest BCUT2D eigenvalue weighted by molar-refractivity contribution is 5.76. The van der Waals surface area contributed by atoms with Crippen LogP contribution in [0.5, 0.6) is 0 Å². The molecule has 7 heteroatoms. The number of rotatable bonds is 6. The molecule has 0 saturated heterocycles. The highest BCUT2D eigenvalue weighted by atomic mass is 16.2. The van der Waals surface area contributed by atoms with Gasteiger partial charge in [-0.3, -0.25) is 4.79 Å². The molecule has 0 unspecified atom stereocenters. The Morgan fingerprint density at radius 2 is 2.14 bits per heavy atom. The van der Waals surface area contributed by atoms with E-state index in [0.717, 1.165) is 17.1 Å². The van der Waals surface area contributed by atoms with Crippen LogP contribution in [0, 0.1) is 13.8 Å². The van der Waals surface area contributed by atoms with Crippen LogP contribution in [0.1, 0.15) is 11.3 Å². The van der Waals surface area contributed by atoms with Crippen molar-refractivity contribution in [1.29, 1.82) is 0 Å². The smallest absolute Gasteiger partial charge is 0.241 e. The van der Waals surface area contributed by atoms with Crippen LogP contribution in [0.25, 0.3) is 0 Å². The number of aromatic nitrogens is 3. The first-order valence-electron chi connectivity index (χ1n) is 6.78. The lowest BCUT2D eigenvalue weighted by atomic mass is 10.3. The summed E-state index contributed by atoms with van der Waals surface area (Å²) in [6.45, 7) is 5.08. The summed E-state index contributed by atoms with van der Waals surface area (Å²) in [7, 11) is 0. The zero-order valence-corrected chi connectivity index (χ0v) is 12.3. The monoisotopic (exact) mass is 288 g/mol. The second kappa shape index (κ2) is 6.74. The average Bonchev–Trinajstić information content (AvgIpc) is 2.73. The first-order chi connectivity index (χ1) is 10.0. The normalized spacial score (nSPS) is 10.4. The number of carbonyl (C=O) groups excluding carboxylic acids is 1. The van der Waals surface area contributed by atoms with Crippen molar-refractivity contribution in [3.63, 3.8) is 0 Å². The van der Waals surface area contributed by atoms with Gasteiger partial charge < -0.3 is 16.4 Å². The van der Waals surface area contributed by atoms with E-state index in [1.54, 1.807) is 12.3 Å². The molecule has 1 amide bonds. The van der Waals surface area contributed by atoms with E-state index in [9.17, 15) is 4.79 Å². The number of hydrogen-bond donors (Lipinski definition) is 3. The predicted molar refractivity (Wildman–Crippen MR) is 81.8 cm³/mol. The summed E-state index contributed by atoms with van der Waals surface area (Å²) in [5.41, 5.74) is 7.67. The van der Waals surface area contributed by atoms with E-state index in [2.05, 4.69) is 20.7 Å². The number of nitrogens with zero attached hydrogens (tertiary/aromatic N) is 3. The summed E-state index contributed by atoms with van der Waals surface area (Å²) < 4.78 is 1.49. The number of nitrogen functional groups attached to an aromatic ring is 1. The van der Waals surface area contributed by atoms with Gasteiger partial charge >= 0.3 is 0 Å². The Morgan fingerprint density at radius 3 is 2.81 bits per heavy atom. The molecule has 0 atom stereocenters. The van der Waals surface area contributed by atoms with Gasteiger partial charge in [0.15, 0.2) is 0 Å². The lowest BCUT2D eigenvalue weighted by molar-refractivity contribution is -0.121. The van der Waals surface area contributed by atoms with Crippen LogP contribution < -0.4 is 16.4 Å². The van der Waals surface area contributed by atoms with Crippen molar-refractivity contribution in [2.45, 2.75) is 20.4 Å². The fourth-order valence-corrected chi connectivity index (χ4v) is 1.91. The number of anilines is 2. The van der Waals surface area contributed by atoms with E-state index in [-0.39, 0.29) is 12.5 Å². The number of nitrogens with two attached hydrogens (primary N) is 1. The van der Waals surface area contributed by atoms with Crippen molar-refractivity contribution in [3.8, 4) is 0 Å². The topological polar surface area (TPSA) is 97.9 Å². The molecule has 0 aliphatic rings. The summed E-state index contributed by atoms with van der Waals surface area (Å²) in [5, 5.41) is 10.1. The molecule has 2 heterocycles.